The Kier molecular flexibility index (Phi) is 6.21. The van der Waals surface area contributed by atoms with Crippen LogP contribution < -0.4 is 5.32 Å². The highest BCUT2D eigenvalue weighted by atomic mass is 16.6. The van der Waals surface area contributed by atoms with Crippen molar-refractivity contribution in [1.29, 1.82) is 0 Å². The van der Waals surface area contributed by atoms with Crippen molar-refractivity contribution in [3.8, 4) is 0 Å². The van der Waals surface area contributed by atoms with Crippen LogP contribution in [0.4, 0.5) is 4.79 Å². The van der Waals surface area contributed by atoms with Gasteiger partial charge in [0.05, 0.1) is 0 Å². The van der Waals surface area contributed by atoms with Gasteiger partial charge in [-0.05, 0) is 40.0 Å². The van der Waals surface area contributed by atoms with Gasteiger partial charge in [0.2, 0.25) is 0 Å². The van der Waals surface area contributed by atoms with Crippen molar-refractivity contribution in [3.05, 3.63) is 0 Å². The van der Waals surface area contributed by atoms with Gasteiger partial charge in [-0.2, -0.15) is 0 Å². The number of hydrogen-bond acceptors (Lipinski definition) is 3. The number of amides is 1. The van der Waals surface area contributed by atoms with Crippen LogP contribution in [0.3, 0.4) is 0 Å². The molecule has 0 bridgehead atoms. The van der Waals surface area contributed by atoms with Crippen LogP contribution in [0, 0.1) is 5.92 Å². The van der Waals surface area contributed by atoms with E-state index >= 15 is 0 Å². The van der Waals surface area contributed by atoms with Gasteiger partial charge in [-0.3, -0.25) is 0 Å². The van der Waals surface area contributed by atoms with Crippen LogP contribution in [0.25, 0.3) is 0 Å². The zero-order valence-corrected chi connectivity index (χ0v) is 11.8. The Morgan fingerprint density at radius 1 is 1.24 bits per heavy atom. The maximum Gasteiger partial charge on any atom is 0.407 e. The maximum absolute atomic E-state index is 11.6. The maximum atomic E-state index is 11.6. The third-order valence-corrected chi connectivity index (χ3v) is 2.31. The van der Waals surface area contributed by atoms with Gasteiger partial charge in [-0.1, -0.05) is 13.8 Å². The molecular weight excluding hydrogens is 218 g/mol. The molecule has 1 N–H and O–H groups in total. The van der Waals surface area contributed by atoms with Crippen LogP contribution in [0.5, 0.6) is 0 Å². The Balaban J connectivity index is 4.25. The van der Waals surface area contributed by atoms with Gasteiger partial charge >= 0.3 is 6.09 Å². The number of alkyl carbamates (subject to hydrolysis) is 1. The Hall–Kier alpha value is -1.06. The smallest absolute Gasteiger partial charge is 0.407 e. The molecule has 1 amide bonds. The number of ether oxygens (including phenoxy) is 1. The molecule has 0 spiro atoms. The van der Waals surface area contributed by atoms with E-state index in [0.29, 0.717) is 12.8 Å². The highest BCUT2D eigenvalue weighted by molar-refractivity contribution is 5.75. The predicted molar refractivity (Wildman–Crippen MR) is 67.9 cm³/mol. The highest BCUT2D eigenvalue weighted by Crippen LogP contribution is 2.12. The number of Topliss-reactive ketones (excluding diaryl/α,β-unsaturated/α-hetero) is 1. The first kappa shape index (κ1) is 15.9. The number of ketones is 1. The van der Waals surface area contributed by atoms with E-state index in [9.17, 15) is 9.59 Å². The van der Waals surface area contributed by atoms with Crippen LogP contribution in [0.2, 0.25) is 0 Å². The quantitative estimate of drug-likeness (QED) is 0.807. The molecule has 4 nitrogen and oxygen atoms in total. The fraction of sp³-hybridized carbons (Fsp3) is 0.846. The van der Waals surface area contributed by atoms with Crippen molar-refractivity contribution in [2.75, 3.05) is 0 Å². The van der Waals surface area contributed by atoms with E-state index in [-0.39, 0.29) is 17.7 Å². The lowest BCUT2D eigenvalue weighted by Gasteiger charge is -2.25. The highest BCUT2D eigenvalue weighted by Gasteiger charge is 2.21. The van der Waals surface area contributed by atoms with Gasteiger partial charge in [0, 0.05) is 12.5 Å². The van der Waals surface area contributed by atoms with Gasteiger partial charge in [0.15, 0.2) is 0 Å². The standard InChI is InChI=1S/C13H25NO3/c1-9(2)11(8-7-10(3)15)14-12(16)17-13(4,5)6/h9,11H,7-8H2,1-6H3,(H,14,16). The fourth-order valence-corrected chi connectivity index (χ4v) is 1.39. The summed E-state index contributed by atoms with van der Waals surface area (Å²) in [6, 6.07) is -0.0197. The van der Waals surface area contributed by atoms with E-state index in [2.05, 4.69) is 5.32 Å². The molecule has 100 valence electrons. The Morgan fingerprint density at radius 3 is 2.12 bits per heavy atom. The van der Waals surface area contributed by atoms with Crippen LogP contribution in [-0.4, -0.2) is 23.5 Å². The number of carbonyl (C=O) groups excluding carboxylic acids is 2. The van der Waals surface area contributed by atoms with Crippen LogP contribution in [0.15, 0.2) is 0 Å². The van der Waals surface area contributed by atoms with E-state index in [1.807, 2.05) is 34.6 Å². The molecule has 0 aliphatic rings. The zero-order chi connectivity index (χ0) is 13.6. The van der Waals surface area contributed by atoms with Gasteiger partial charge in [0.25, 0.3) is 0 Å². The summed E-state index contributed by atoms with van der Waals surface area (Å²) in [4.78, 5) is 22.5. The van der Waals surface area contributed by atoms with Crippen LogP contribution in [0.1, 0.15) is 54.4 Å². The monoisotopic (exact) mass is 243 g/mol. The molecule has 17 heavy (non-hydrogen) atoms. The molecule has 0 heterocycles. The van der Waals surface area contributed by atoms with Gasteiger partial charge in [0.1, 0.15) is 11.4 Å². The summed E-state index contributed by atoms with van der Waals surface area (Å²) < 4.78 is 5.19. The second-order valence-corrected chi connectivity index (χ2v) is 5.74. The molecule has 1 atom stereocenters. The average molecular weight is 243 g/mol. The number of carbonyl (C=O) groups is 2. The van der Waals surface area contributed by atoms with E-state index in [1.54, 1.807) is 6.92 Å². The van der Waals surface area contributed by atoms with Gasteiger partial charge in [-0.25, -0.2) is 4.79 Å². The van der Waals surface area contributed by atoms with Gasteiger partial charge in [-0.15, -0.1) is 0 Å². The molecule has 0 saturated heterocycles. The molecule has 0 saturated carbocycles. The van der Waals surface area contributed by atoms with Crippen LogP contribution in [-0.2, 0) is 9.53 Å². The molecular formula is C13H25NO3. The molecule has 0 rings (SSSR count). The van der Waals surface area contributed by atoms with Crippen molar-refractivity contribution in [2.24, 2.45) is 5.92 Å². The molecule has 0 aromatic rings. The number of hydrogen-bond donors (Lipinski definition) is 1. The summed E-state index contributed by atoms with van der Waals surface area (Å²) in [5.41, 5.74) is -0.494. The van der Waals surface area contributed by atoms with Crippen LogP contribution >= 0.6 is 0 Å². The van der Waals surface area contributed by atoms with Crippen molar-refractivity contribution in [3.63, 3.8) is 0 Å². The second-order valence-electron chi connectivity index (χ2n) is 5.74. The lowest BCUT2D eigenvalue weighted by atomic mass is 9.98. The molecule has 0 aromatic heterocycles. The van der Waals surface area contributed by atoms with E-state index < -0.39 is 11.7 Å². The first-order valence-corrected chi connectivity index (χ1v) is 6.11. The molecule has 1 unspecified atom stereocenters. The summed E-state index contributed by atoms with van der Waals surface area (Å²) >= 11 is 0. The molecule has 0 aromatic carbocycles. The minimum atomic E-state index is -0.494. The van der Waals surface area contributed by atoms with E-state index in [0.717, 1.165) is 0 Å². The predicted octanol–water partition coefficient (Wildman–Crippen LogP) is 2.90. The molecule has 0 aliphatic heterocycles. The van der Waals surface area contributed by atoms with E-state index in [1.165, 1.54) is 0 Å². The Morgan fingerprint density at radius 2 is 1.76 bits per heavy atom. The lowest BCUT2D eigenvalue weighted by Crippen LogP contribution is -2.41. The summed E-state index contributed by atoms with van der Waals surface area (Å²) in [6.07, 6.45) is 0.727. The Bertz CT molecular complexity index is 266. The number of nitrogens with one attached hydrogen (secondary N) is 1. The second kappa shape index (κ2) is 6.62. The first-order valence-electron chi connectivity index (χ1n) is 6.11. The SMILES string of the molecule is CC(=O)CCC(NC(=O)OC(C)(C)C)C(C)C. The fourth-order valence-electron chi connectivity index (χ4n) is 1.39. The van der Waals surface area contributed by atoms with E-state index in [4.69, 9.17) is 4.74 Å². The van der Waals surface area contributed by atoms with Gasteiger partial charge < -0.3 is 14.8 Å². The molecule has 0 fully saturated rings. The zero-order valence-electron chi connectivity index (χ0n) is 11.8. The average Bonchev–Trinajstić information content (AvgIpc) is 2.08. The lowest BCUT2D eigenvalue weighted by molar-refractivity contribution is -0.117. The Labute approximate surface area is 104 Å². The summed E-state index contributed by atoms with van der Waals surface area (Å²) in [5.74, 6) is 0.420. The minimum absolute atomic E-state index is 0.0197. The summed E-state index contributed by atoms with van der Waals surface area (Å²) in [6.45, 7) is 11.1. The molecule has 4 heteroatoms. The first-order chi connectivity index (χ1) is 7.61. The van der Waals surface area contributed by atoms with Crippen molar-refractivity contribution < 1.29 is 14.3 Å². The molecule has 0 radical (unpaired) electrons. The third-order valence-electron chi connectivity index (χ3n) is 2.31. The number of rotatable bonds is 5. The third kappa shape index (κ3) is 8.72. The largest absolute Gasteiger partial charge is 0.444 e. The topological polar surface area (TPSA) is 55.4 Å². The van der Waals surface area contributed by atoms with Crippen molar-refractivity contribution in [1.82, 2.24) is 5.32 Å². The summed E-state index contributed by atoms with van der Waals surface area (Å²) in [5, 5.41) is 2.81. The molecule has 0 aliphatic carbocycles. The minimum Gasteiger partial charge on any atom is -0.444 e. The summed E-state index contributed by atoms with van der Waals surface area (Å²) in [7, 11) is 0. The van der Waals surface area contributed by atoms with Crippen molar-refractivity contribution >= 4 is 11.9 Å². The van der Waals surface area contributed by atoms with Crippen molar-refractivity contribution in [2.45, 2.75) is 66.0 Å². The normalized spacial score (nSPS) is 13.4.